The van der Waals surface area contributed by atoms with Crippen LogP contribution >= 0.6 is 0 Å². The molecule has 1 fully saturated rings. The Bertz CT molecular complexity index is 422. The van der Waals surface area contributed by atoms with E-state index in [2.05, 4.69) is 29.2 Å². The summed E-state index contributed by atoms with van der Waals surface area (Å²) in [7, 11) is 0. The van der Waals surface area contributed by atoms with E-state index in [-0.39, 0.29) is 0 Å². The summed E-state index contributed by atoms with van der Waals surface area (Å²) in [5, 5.41) is 0. The molecule has 0 aromatic carbocycles. The van der Waals surface area contributed by atoms with Gasteiger partial charge in [-0.3, -0.25) is 0 Å². The lowest BCUT2D eigenvalue weighted by Gasteiger charge is -2.25. The molecule has 1 aromatic heterocycles. The van der Waals surface area contributed by atoms with Gasteiger partial charge in [-0.05, 0) is 19.8 Å². The standard InChI is InChI=1S/C14H25N5/c1-10(2)12-16-13(18-15)11(3)14(17-12)19-8-6-4-5-7-9-19/h10H,4-9,15H2,1-3H3,(H,16,17,18). The van der Waals surface area contributed by atoms with Crippen LogP contribution in [0.5, 0.6) is 0 Å². The minimum Gasteiger partial charge on any atom is -0.356 e. The molecule has 0 atom stereocenters. The Balaban J connectivity index is 2.38. The van der Waals surface area contributed by atoms with E-state index in [1.807, 2.05) is 6.92 Å². The third kappa shape index (κ3) is 3.15. The highest BCUT2D eigenvalue weighted by atomic mass is 15.3. The van der Waals surface area contributed by atoms with Gasteiger partial charge in [0.05, 0.1) is 0 Å². The second-order valence-corrected chi connectivity index (χ2v) is 5.58. The lowest BCUT2D eigenvalue weighted by Crippen LogP contribution is -2.27. The Morgan fingerprint density at radius 1 is 1.11 bits per heavy atom. The molecule has 1 aliphatic rings. The molecule has 0 aliphatic carbocycles. The summed E-state index contributed by atoms with van der Waals surface area (Å²) >= 11 is 0. The molecule has 0 saturated carbocycles. The second-order valence-electron chi connectivity index (χ2n) is 5.58. The average Bonchev–Trinajstić information content (AvgIpc) is 2.67. The second kappa shape index (κ2) is 6.19. The average molecular weight is 263 g/mol. The molecule has 0 radical (unpaired) electrons. The third-order valence-electron chi connectivity index (χ3n) is 3.70. The molecule has 2 heterocycles. The van der Waals surface area contributed by atoms with Gasteiger partial charge in [-0.1, -0.05) is 26.7 Å². The third-order valence-corrected chi connectivity index (χ3v) is 3.70. The Hall–Kier alpha value is -1.36. The fourth-order valence-electron chi connectivity index (χ4n) is 2.51. The maximum atomic E-state index is 5.59. The minimum atomic E-state index is 0.304. The number of nitrogens with one attached hydrogen (secondary N) is 1. The molecule has 5 nitrogen and oxygen atoms in total. The van der Waals surface area contributed by atoms with Crippen molar-refractivity contribution in [3.63, 3.8) is 0 Å². The number of nitrogen functional groups attached to an aromatic ring is 1. The van der Waals surface area contributed by atoms with Crippen LogP contribution in [0.2, 0.25) is 0 Å². The van der Waals surface area contributed by atoms with E-state index in [0.29, 0.717) is 5.92 Å². The molecule has 0 unspecified atom stereocenters. The highest BCUT2D eigenvalue weighted by Gasteiger charge is 2.18. The molecular weight excluding hydrogens is 238 g/mol. The lowest BCUT2D eigenvalue weighted by atomic mass is 10.2. The van der Waals surface area contributed by atoms with Crippen LogP contribution in [-0.2, 0) is 0 Å². The lowest BCUT2D eigenvalue weighted by molar-refractivity contribution is 0.726. The Labute approximate surface area is 115 Å². The molecule has 3 N–H and O–H groups in total. The van der Waals surface area contributed by atoms with Crippen molar-refractivity contribution in [3.05, 3.63) is 11.4 Å². The van der Waals surface area contributed by atoms with Crippen molar-refractivity contribution in [2.75, 3.05) is 23.4 Å². The maximum absolute atomic E-state index is 5.59. The van der Waals surface area contributed by atoms with Crippen LogP contribution in [0.25, 0.3) is 0 Å². The fourth-order valence-corrected chi connectivity index (χ4v) is 2.51. The van der Waals surface area contributed by atoms with Gasteiger partial charge in [-0.25, -0.2) is 15.8 Å². The van der Waals surface area contributed by atoms with Crippen molar-refractivity contribution in [1.82, 2.24) is 9.97 Å². The molecule has 5 heteroatoms. The van der Waals surface area contributed by atoms with Gasteiger partial charge in [0.2, 0.25) is 0 Å². The monoisotopic (exact) mass is 263 g/mol. The van der Waals surface area contributed by atoms with Crippen molar-refractivity contribution >= 4 is 11.6 Å². The molecule has 2 rings (SSSR count). The summed E-state index contributed by atoms with van der Waals surface area (Å²) in [6.45, 7) is 8.42. The van der Waals surface area contributed by atoms with Gasteiger partial charge in [-0.15, -0.1) is 0 Å². The highest BCUT2D eigenvalue weighted by Crippen LogP contribution is 2.27. The smallest absolute Gasteiger partial charge is 0.148 e. The van der Waals surface area contributed by atoms with E-state index in [9.17, 15) is 0 Å². The molecule has 1 aliphatic heterocycles. The SMILES string of the molecule is Cc1c(NN)nc(C(C)C)nc1N1CCCCCC1. The van der Waals surface area contributed by atoms with Crippen LogP contribution in [-0.4, -0.2) is 23.1 Å². The Kier molecular flexibility index (Phi) is 4.58. The van der Waals surface area contributed by atoms with E-state index >= 15 is 0 Å². The van der Waals surface area contributed by atoms with Gasteiger partial charge in [0.1, 0.15) is 17.5 Å². The van der Waals surface area contributed by atoms with Crippen molar-refractivity contribution in [3.8, 4) is 0 Å². The molecule has 106 valence electrons. The van der Waals surface area contributed by atoms with Crippen LogP contribution in [0.1, 0.15) is 56.8 Å². The van der Waals surface area contributed by atoms with Crippen molar-refractivity contribution < 1.29 is 0 Å². The van der Waals surface area contributed by atoms with E-state index in [1.54, 1.807) is 0 Å². The predicted octanol–water partition coefficient (Wildman–Crippen LogP) is 2.57. The van der Waals surface area contributed by atoms with Crippen LogP contribution in [0.4, 0.5) is 11.6 Å². The van der Waals surface area contributed by atoms with Gasteiger partial charge in [0.15, 0.2) is 0 Å². The van der Waals surface area contributed by atoms with Crippen LogP contribution in [0, 0.1) is 6.92 Å². The summed E-state index contributed by atoms with van der Waals surface area (Å²) in [6.07, 6.45) is 5.12. The molecular formula is C14H25N5. The number of hydrazine groups is 1. The summed E-state index contributed by atoms with van der Waals surface area (Å²) < 4.78 is 0. The van der Waals surface area contributed by atoms with Gasteiger partial charge in [-0.2, -0.15) is 0 Å². The predicted molar refractivity (Wildman–Crippen MR) is 79.3 cm³/mol. The minimum absolute atomic E-state index is 0.304. The molecule has 1 aromatic rings. The maximum Gasteiger partial charge on any atom is 0.148 e. The number of hydrogen-bond acceptors (Lipinski definition) is 5. The first-order valence-electron chi connectivity index (χ1n) is 7.23. The normalized spacial score (nSPS) is 16.6. The zero-order chi connectivity index (χ0) is 13.8. The Morgan fingerprint density at radius 2 is 1.74 bits per heavy atom. The topological polar surface area (TPSA) is 67.1 Å². The fraction of sp³-hybridized carbons (Fsp3) is 0.714. The number of rotatable bonds is 3. The van der Waals surface area contributed by atoms with Crippen molar-refractivity contribution in [1.29, 1.82) is 0 Å². The number of nitrogens with two attached hydrogens (primary N) is 1. The highest BCUT2D eigenvalue weighted by molar-refractivity contribution is 5.58. The number of aromatic nitrogens is 2. The summed E-state index contributed by atoms with van der Waals surface area (Å²) in [6, 6.07) is 0. The Morgan fingerprint density at radius 3 is 2.26 bits per heavy atom. The van der Waals surface area contributed by atoms with E-state index < -0.39 is 0 Å². The van der Waals surface area contributed by atoms with Gasteiger partial charge in [0, 0.05) is 24.6 Å². The summed E-state index contributed by atoms with van der Waals surface area (Å²) in [4.78, 5) is 11.6. The van der Waals surface area contributed by atoms with Crippen LogP contribution in [0.15, 0.2) is 0 Å². The first-order valence-corrected chi connectivity index (χ1v) is 7.23. The zero-order valence-corrected chi connectivity index (χ0v) is 12.2. The summed E-state index contributed by atoms with van der Waals surface area (Å²) in [5.41, 5.74) is 3.76. The van der Waals surface area contributed by atoms with E-state index in [4.69, 9.17) is 10.8 Å². The molecule has 0 spiro atoms. The molecule has 0 bridgehead atoms. The molecule has 0 amide bonds. The van der Waals surface area contributed by atoms with Crippen molar-refractivity contribution in [2.45, 2.75) is 52.4 Å². The quantitative estimate of drug-likeness (QED) is 0.648. The zero-order valence-electron chi connectivity index (χ0n) is 12.2. The molecule has 1 saturated heterocycles. The first-order chi connectivity index (χ1) is 9.13. The van der Waals surface area contributed by atoms with E-state index in [1.165, 1.54) is 25.7 Å². The molecule has 19 heavy (non-hydrogen) atoms. The largest absolute Gasteiger partial charge is 0.356 e. The number of anilines is 2. The number of hydrogen-bond donors (Lipinski definition) is 2. The van der Waals surface area contributed by atoms with Gasteiger partial charge in [0.25, 0.3) is 0 Å². The van der Waals surface area contributed by atoms with Crippen molar-refractivity contribution in [2.24, 2.45) is 5.84 Å². The van der Waals surface area contributed by atoms with Gasteiger partial charge < -0.3 is 10.3 Å². The van der Waals surface area contributed by atoms with Crippen LogP contribution < -0.4 is 16.2 Å². The number of nitrogens with zero attached hydrogens (tertiary/aromatic N) is 3. The first kappa shape index (κ1) is 14.1. The van der Waals surface area contributed by atoms with Crippen LogP contribution in [0.3, 0.4) is 0 Å². The van der Waals surface area contributed by atoms with E-state index in [0.717, 1.165) is 36.1 Å². The summed E-state index contributed by atoms with van der Waals surface area (Å²) in [5.74, 6) is 8.55. The van der Waals surface area contributed by atoms with Gasteiger partial charge >= 0.3 is 0 Å².